The molecule has 0 saturated carbocycles. The van der Waals surface area contributed by atoms with E-state index in [0.717, 1.165) is 4.90 Å². The van der Waals surface area contributed by atoms with Crippen molar-refractivity contribution < 1.29 is 23.8 Å². The molecule has 0 spiro atoms. The first-order valence-electron chi connectivity index (χ1n) is 6.58. The Kier molecular flexibility index (Phi) is 3.42. The van der Waals surface area contributed by atoms with Gasteiger partial charge in [0.25, 0.3) is 11.8 Å². The minimum Gasteiger partial charge on any atom is -0.502 e. The van der Waals surface area contributed by atoms with Crippen LogP contribution in [0, 0.1) is 0 Å². The van der Waals surface area contributed by atoms with Gasteiger partial charge in [0.1, 0.15) is 11.5 Å². The van der Waals surface area contributed by atoms with Crippen molar-refractivity contribution in [3.8, 4) is 5.75 Å². The van der Waals surface area contributed by atoms with Crippen LogP contribution in [-0.2, 0) is 16.1 Å². The van der Waals surface area contributed by atoms with Crippen LogP contribution in [0.3, 0.4) is 0 Å². The number of rotatable bonds is 4. The van der Waals surface area contributed by atoms with Gasteiger partial charge in [-0.25, -0.2) is 0 Å². The zero-order chi connectivity index (χ0) is 15.7. The fourth-order valence-electron chi connectivity index (χ4n) is 2.28. The van der Waals surface area contributed by atoms with Crippen LogP contribution in [0.4, 0.5) is 0 Å². The molecular weight excluding hydrogens is 286 g/mol. The van der Waals surface area contributed by atoms with E-state index < -0.39 is 17.6 Å². The number of imide groups is 1. The lowest BCUT2D eigenvalue weighted by Crippen LogP contribution is -2.30. The van der Waals surface area contributed by atoms with Gasteiger partial charge in [-0.2, -0.15) is 0 Å². The number of hydrogen-bond acceptors (Lipinski definition) is 5. The third-order valence-electron chi connectivity index (χ3n) is 3.42. The van der Waals surface area contributed by atoms with Gasteiger partial charge in [0.15, 0.2) is 5.76 Å². The van der Waals surface area contributed by atoms with Crippen molar-refractivity contribution >= 4 is 17.4 Å². The van der Waals surface area contributed by atoms with E-state index in [2.05, 4.69) is 0 Å². The molecule has 0 unspecified atom stereocenters. The van der Waals surface area contributed by atoms with Gasteiger partial charge in [-0.1, -0.05) is 12.1 Å². The van der Waals surface area contributed by atoms with Gasteiger partial charge in [0, 0.05) is 0 Å². The molecule has 0 bridgehead atoms. The quantitative estimate of drug-likeness (QED) is 0.875. The summed E-state index contributed by atoms with van der Waals surface area (Å²) in [6.07, 6.45) is 1.46. The van der Waals surface area contributed by atoms with E-state index in [1.807, 2.05) is 0 Å². The summed E-state index contributed by atoms with van der Waals surface area (Å²) >= 11 is 0. The van der Waals surface area contributed by atoms with Crippen LogP contribution in [0.2, 0.25) is 0 Å². The van der Waals surface area contributed by atoms with E-state index in [-0.39, 0.29) is 12.1 Å². The number of aliphatic hydroxyl groups is 1. The van der Waals surface area contributed by atoms with Gasteiger partial charge in [0.2, 0.25) is 0 Å². The van der Waals surface area contributed by atoms with E-state index in [1.165, 1.54) is 13.4 Å². The van der Waals surface area contributed by atoms with Gasteiger partial charge in [-0.05, 0) is 29.8 Å². The monoisotopic (exact) mass is 299 g/mol. The molecule has 6 nitrogen and oxygen atoms in total. The molecule has 0 fully saturated rings. The second-order valence-corrected chi connectivity index (χ2v) is 4.73. The summed E-state index contributed by atoms with van der Waals surface area (Å²) in [4.78, 5) is 25.5. The van der Waals surface area contributed by atoms with E-state index in [0.29, 0.717) is 17.1 Å². The first-order valence-corrected chi connectivity index (χ1v) is 6.58. The van der Waals surface area contributed by atoms with Crippen LogP contribution in [0.5, 0.6) is 5.75 Å². The first-order chi connectivity index (χ1) is 10.6. The molecule has 2 aromatic rings. The molecule has 1 N–H and O–H groups in total. The standard InChI is InChI=1S/C16H13NO5/c1-21-11-6-4-10(5-7-11)13-14(18)16(20)17(15(13)19)9-12-3-2-8-22-12/h2-8,18H,9H2,1H3. The summed E-state index contributed by atoms with van der Waals surface area (Å²) < 4.78 is 10.2. The smallest absolute Gasteiger partial charge is 0.296 e. The number of hydrogen-bond donors (Lipinski definition) is 1. The van der Waals surface area contributed by atoms with Crippen molar-refractivity contribution in [2.75, 3.05) is 7.11 Å². The molecule has 0 atom stereocenters. The average Bonchev–Trinajstić information content (AvgIpc) is 3.11. The molecule has 1 aliphatic heterocycles. The number of carbonyl (C=O) groups is 2. The fourth-order valence-corrected chi connectivity index (χ4v) is 2.28. The molecule has 0 saturated heterocycles. The Morgan fingerprint density at radius 1 is 1.14 bits per heavy atom. The lowest BCUT2D eigenvalue weighted by molar-refractivity contribution is -0.139. The van der Waals surface area contributed by atoms with Crippen molar-refractivity contribution in [2.24, 2.45) is 0 Å². The Morgan fingerprint density at radius 3 is 2.45 bits per heavy atom. The van der Waals surface area contributed by atoms with Gasteiger partial charge in [0.05, 0.1) is 25.5 Å². The van der Waals surface area contributed by atoms with Crippen LogP contribution in [0.25, 0.3) is 5.57 Å². The van der Waals surface area contributed by atoms with E-state index in [4.69, 9.17) is 9.15 Å². The van der Waals surface area contributed by atoms with E-state index in [9.17, 15) is 14.7 Å². The second-order valence-electron chi connectivity index (χ2n) is 4.73. The maximum atomic E-state index is 12.4. The summed E-state index contributed by atoms with van der Waals surface area (Å²) in [6.45, 7) is -0.0195. The third kappa shape index (κ3) is 2.24. The molecule has 6 heteroatoms. The summed E-state index contributed by atoms with van der Waals surface area (Å²) in [5, 5.41) is 10.0. The number of methoxy groups -OCH3 is 1. The van der Waals surface area contributed by atoms with Crippen LogP contribution < -0.4 is 4.74 Å². The molecule has 1 aromatic carbocycles. The predicted octanol–water partition coefficient (Wildman–Crippen LogP) is 2.13. The molecule has 22 heavy (non-hydrogen) atoms. The van der Waals surface area contributed by atoms with Crippen LogP contribution in [0.1, 0.15) is 11.3 Å². The number of ether oxygens (including phenoxy) is 1. The average molecular weight is 299 g/mol. The zero-order valence-corrected chi connectivity index (χ0v) is 11.8. The molecule has 1 aromatic heterocycles. The van der Waals surface area contributed by atoms with Gasteiger partial charge in [-0.15, -0.1) is 0 Å². The summed E-state index contributed by atoms with van der Waals surface area (Å²) in [5.74, 6) is -0.753. The minimum atomic E-state index is -0.729. The Labute approximate surface area is 126 Å². The minimum absolute atomic E-state index is 0.0146. The van der Waals surface area contributed by atoms with Crippen molar-refractivity contribution in [1.82, 2.24) is 4.90 Å². The highest BCUT2D eigenvalue weighted by atomic mass is 16.5. The molecule has 0 radical (unpaired) electrons. The Bertz CT molecular complexity index is 743. The van der Waals surface area contributed by atoms with Crippen LogP contribution in [-0.4, -0.2) is 28.9 Å². The Morgan fingerprint density at radius 2 is 1.86 bits per heavy atom. The molecule has 0 aliphatic carbocycles. The zero-order valence-electron chi connectivity index (χ0n) is 11.8. The van der Waals surface area contributed by atoms with Gasteiger partial charge >= 0.3 is 0 Å². The number of nitrogens with zero attached hydrogens (tertiary/aromatic N) is 1. The third-order valence-corrected chi connectivity index (χ3v) is 3.42. The summed E-state index contributed by atoms with van der Waals surface area (Å²) in [5.41, 5.74) is 0.442. The highest BCUT2D eigenvalue weighted by Crippen LogP contribution is 2.30. The highest BCUT2D eigenvalue weighted by molar-refractivity contribution is 6.34. The Balaban J connectivity index is 1.90. The Hall–Kier alpha value is -3.02. The maximum absolute atomic E-state index is 12.4. The van der Waals surface area contributed by atoms with Crippen LogP contribution in [0.15, 0.2) is 52.8 Å². The SMILES string of the molecule is COc1ccc(C2=C(O)C(=O)N(Cc3ccco3)C2=O)cc1. The van der Waals surface area contributed by atoms with Crippen LogP contribution >= 0.6 is 0 Å². The largest absolute Gasteiger partial charge is 0.502 e. The lowest BCUT2D eigenvalue weighted by Gasteiger charge is -2.12. The van der Waals surface area contributed by atoms with Crippen molar-refractivity contribution in [1.29, 1.82) is 0 Å². The highest BCUT2D eigenvalue weighted by Gasteiger charge is 2.39. The molecule has 2 heterocycles. The van der Waals surface area contributed by atoms with Crippen molar-refractivity contribution in [3.05, 3.63) is 59.7 Å². The fraction of sp³-hybridized carbons (Fsp3) is 0.125. The summed E-state index contributed by atoms with van der Waals surface area (Å²) in [7, 11) is 1.53. The normalized spacial score (nSPS) is 14.9. The number of furan rings is 1. The van der Waals surface area contributed by atoms with Crippen molar-refractivity contribution in [2.45, 2.75) is 6.54 Å². The second kappa shape index (κ2) is 5.40. The van der Waals surface area contributed by atoms with Crippen molar-refractivity contribution in [3.63, 3.8) is 0 Å². The molecule has 1 aliphatic rings. The number of aliphatic hydroxyl groups excluding tert-OH is 1. The first kappa shape index (κ1) is 13.9. The molecule has 112 valence electrons. The number of carbonyl (C=O) groups excluding carboxylic acids is 2. The lowest BCUT2D eigenvalue weighted by atomic mass is 10.1. The topological polar surface area (TPSA) is 80.0 Å². The predicted molar refractivity (Wildman–Crippen MR) is 76.8 cm³/mol. The van der Waals surface area contributed by atoms with E-state index >= 15 is 0 Å². The number of benzene rings is 1. The summed E-state index contributed by atoms with van der Waals surface area (Å²) in [6, 6.07) is 9.87. The number of amides is 2. The van der Waals surface area contributed by atoms with E-state index in [1.54, 1.807) is 36.4 Å². The molecule has 2 amide bonds. The van der Waals surface area contributed by atoms with Gasteiger partial charge < -0.3 is 14.3 Å². The van der Waals surface area contributed by atoms with Gasteiger partial charge in [-0.3, -0.25) is 14.5 Å². The molecule has 3 rings (SSSR count). The molecular formula is C16H13NO5. The maximum Gasteiger partial charge on any atom is 0.296 e.